The molecule has 2 N–H and O–H groups in total. The number of anilines is 1. The molecule has 37 heavy (non-hydrogen) atoms. The minimum Gasteiger partial charge on any atom is -0.457 e. The third kappa shape index (κ3) is 5.10. The first-order valence-corrected chi connectivity index (χ1v) is 11.4. The fraction of sp³-hybridized carbons (Fsp3) is 0.154. The maximum absolute atomic E-state index is 13.2. The normalized spacial score (nSPS) is 11.3. The van der Waals surface area contributed by atoms with Crippen LogP contribution in [0.15, 0.2) is 73.3 Å². The van der Waals surface area contributed by atoms with E-state index in [1.165, 1.54) is 29.0 Å². The maximum Gasteiger partial charge on any atom is 0.387 e. The molecule has 5 aromatic rings. The predicted octanol–water partition coefficient (Wildman–Crippen LogP) is 5.89. The second-order valence-electron chi connectivity index (χ2n) is 8.42. The number of aromatic amines is 1. The van der Waals surface area contributed by atoms with Crippen LogP contribution in [0.4, 0.5) is 14.5 Å². The first-order chi connectivity index (χ1) is 17.9. The number of hydrogen-bond donors (Lipinski definition) is 2. The van der Waals surface area contributed by atoms with E-state index < -0.39 is 12.5 Å². The van der Waals surface area contributed by atoms with Crippen molar-refractivity contribution in [3.8, 4) is 28.5 Å². The molecule has 2 aromatic carbocycles. The Morgan fingerprint density at radius 1 is 1.08 bits per heavy atom. The van der Waals surface area contributed by atoms with Gasteiger partial charge in [0.2, 0.25) is 0 Å². The van der Waals surface area contributed by atoms with E-state index in [0.717, 1.165) is 5.56 Å². The largest absolute Gasteiger partial charge is 0.457 e. The van der Waals surface area contributed by atoms with E-state index >= 15 is 0 Å². The Labute approximate surface area is 210 Å². The molecule has 0 fully saturated rings. The third-order valence-corrected chi connectivity index (χ3v) is 5.61. The van der Waals surface area contributed by atoms with Crippen LogP contribution < -0.4 is 14.8 Å². The van der Waals surface area contributed by atoms with Crippen LogP contribution in [-0.2, 0) is 0 Å². The number of H-pyrrole nitrogens is 1. The number of nitrogens with one attached hydrogen (secondary N) is 2. The number of benzene rings is 2. The van der Waals surface area contributed by atoms with Gasteiger partial charge in [0.1, 0.15) is 22.8 Å². The highest BCUT2D eigenvalue weighted by Crippen LogP contribution is 2.38. The number of ether oxygens (including phenoxy) is 2. The van der Waals surface area contributed by atoms with Crippen molar-refractivity contribution in [2.75, 3.05) is 5.32 Å². The van der Waals surface area contributed by atoms with Gasteiger partial charge < -0.3 is 14.8 Å². The molecule has 0 spiro atoms. The molecule has 0 aliphatic carbocycles. The highest BCUT2D eigenvalue weighted by molar-refractivity contribution is 6.09. The number of aromatic nitrogens is 5. The fourth-order valence-electron chi connectivity index (χ4n) is 3.80. The lowest BCUT2D eigenvalue weighted by Gasteiger charge is -2.14. The molecular weight excluding hydrogens is 482 g/mol. The summed E-state index contributed by atoms with van der Waals surface area (Å²) in [7, 11) is 0. The Balaban J connectivity index is 1.48. The van der Waals surface area contributed by atoms with Crippen molar-refractivity contribution in [2.45, 2.75) is 26.4 Å². The number of fused-ring (bicyclic) bond motifs is 1. The van der Waals surface area contributed by atoms with Gasteiger partial charge in [0.05, 0.1) is 23.8 Å². The minimum absolute atomic E-state index is 0.115. The van der Waals surface area contributed by atoms with Crippen molar-refractivity contribution in [3.63, 3.8) is 0 Å². The molecular formula is C26H22F2N6O3. The first-order valence-electron chi connectivity index (χ1n) is 11.4. The molecule has 0 radical (unpaired) electrons. The number of rotatable bonds is 8. The molecule has 1 amide bonds. The number of amides is 1. The van der Waals surface area contributed by atoms with Gasteiger partial charge >= 0.3 is 6.61 Å². The van der Waals surface area contributed by atoms with E-state index in [0.29, 0.717) is 23.1 Å². The predicted molar refractivity (Wildman–Crippen MR) is 132 cm³/mol. The molecule has 0 bridgehead atoms. The molecule has 11 heteroatoms. The van der Waals surface area contributed by atoms with E-state index in [-0.39, 0.29) is 28.3 Å². The molecule has 0 saturated carbocycles. The van der Waals surface area contributed by atoms with Gasteiger partial charge in [-0.3, -0.25) is 9.89 Å². The van der Waals surface area contributed by atoms with Crippen molar-refractivity contribution in [1.82, 2.24) is 24.8 Å². The van der Waals surface area contributed by atoms with Gasteiger partial charge in [-0.05, 0) is 47.9 Å². The number of carbonyl (C=O) groups excluding carboxylic acids is 1. The second-order valence-corrected chi connectivity index (χ2v) is 8.42. The van der Waals surface area contributed by atoms with Gasteiger partial charge in [0.15, 0.2) is 5.65 Å². The van der Waals surface area contributed by atoms with Crippen LogP contribution in [0.5, 0.6) is 17.2 Å². The molecule has 5 rings (SSSR count). The summed E-state index contributed by atoms with van der Waals surface area (Å²) in [6, 6.07) is 13.8. The number of alkyl halides is 2. The second kappa shape index (κ2) is 10.1. The summed E-state index contributed by atoms with van der Waals surface area (Å²) in [5, 5.41) is 13.6. The number of carbonyl (C=O) groups is 1. The third-order valence-electron chi connectivity index (χ3n) is 5.61. The Kier molecular flexibility index (Phi) is 6.50. The molecule has 9 nitrogen and oxygen atoms in total. The van der Waals surface area contributed by atoms with E-state index in [2.05, 4.69) is 39.4 Å². The smallest absolute Gasteiger partial charge is 0.387 e. The van der Waals surface area contributed by atoms with Crippen LogP contribution in [0, 0.1) is 0 Å². The summed E-state index contributed by atoms with van der Waals surface area (Å²) in [5.74, 6) is 0.677. The van der Waals surface area contributed by atoms with E-state index in [9.17, 15) is 13.6 Å². The molecule has 0 saturated heterocycles. The summed E-state index contributed by atoms with van der Waals surface area (Å²) in [6.07, 6.45) is 5.98. The minimum atomic E-state index is -3.06. The highest BCUT2D eigenvalue weighted by Gasteiger charge is 2.21. The SMILES string of the molecule is CC(C)c1cccc(Oc2ccc(OC(F)F)c(-c3[nH]ncc3NC(=O)c3cnn4cccnc34)c2)c1. The standard InChI is InChI=1S/C26H22F2N6O3/c1-15(2)16-5-3-6-17(11-16)36-18-7-8-22(37-26(27)28)19(12-18)23-21(14-30-33-23)32-25(35)20-13-31-34-10-4-9-29-24(20)34/h3-15,26H,1-2H3,(H,30,33)(H,32,35). The summed E-state index contributed by atoms with van der Waals surface area (Å²) in [4.78, 5) is 17.2. The van der Waals surface area contributed by atoms with E-state index in [1.54, 1.807) is 30.6 Å². The van der Waals surface area contributed by atoms with E-state index in [1.807, 2.05) is 18.2 Å². The van der Waals surface area contributed by atoms with Crippen LogP contribution >= 0.6 is 0 Å². The topological polar surface area (TPSA) is 106 Å². The van der Waals surface area contributed by atoms with Crippen LogP contribution in [0.25, 0.3) is 16.9 Å². The van der Waals surface area contributed by atoms with Crippen molar-refractivity contribution < 1.29 is 23.0 Å². The zero-order valence-corrected chi connectivity index (χ0v) is 19.9. The summed E-state index contributed by atoms with van der Waals surface area (Å²) < 4.78 is 38.6. The lowest BCUT2D eigenvalue weighted by Crippen LogP contribution is -2.12. The molecule has 3 heterocycles. The van der Waals surface area contributed by atoms with Gasteiger partial charge in [-0.1, -0.05) is 26.0 Å². The summed E-state index contributed by atoms with van der Waals surface area (Å²) >= 11 is 0. The van der Waals surface area contributed by atoms with Crippen LogP contribution in [0.1, 0.15) is 35.7 Å². The molecule has 0 atom stereocenters. The number of hydrogen-bond acceptors (Lipinski definition) is 6. The van der Waals surface area contributed by atoms with Crippen LogP contribution in [0.3, 0.4) is 0 Å². The molecule has 0 unspecified atom stereocenters. The quantitative estimate of drug-likeness (QED) is 0.273. The Bertz CT molecular complexity index is 1560. The zero-order valence-electron chi connectivity index (χ0n) is 19.9. The summed E-state index contributed by atoms with van der Waals surface area (Å²) in [6.45, 7) is 1.09. The fourth-order valence-corrected chi connectivity index (χ4v) is 3.80. The van der Waals surface area contributed by atoms with Gasteiger partial charge in [0, 0.05) is 18.0 Å². The van der Waals surface area contributed by atoms with Crippen molar-refractivity contribution in [3.05, 3.63) is 84.4 Å². The van der Waals surface area contributed by atoms with Gasteiger partial charge in [-0.15, -0.1) is 0 Å². The maximum atomic E-state index is 13.2. The van der Waals surface area contributed by atoms with Crippen molar-refractivity contribution in [1.29, 1.82) is 0 Å². The lowest BCUT2D eigenvalue weighted by atomic mass is 10.0. The van der Waals surface area contributed by atoms with Crippen molar-refractivity contribution >= 4 is 17.2 Å². The average Bonchev–Trinajstić information content (AvgIpc) is 3.52. The van der Waals surface area contributed by atoms with Gasteiger partial charge in [-0.25, -0.2) is 9.50 Å². The molecule has 0 aliphatic heterocycles. The monoisotopic (exact) mass is 504 g/mol. The van der Waals surface area contributed by atoms with Gasteiger partial charge in [-0.2, -0.15) is 19.0 Å². The number of halogens is 2. The van der Waals surface area contributed by atoms with E-state index in [4.69, 9.17) is 9.47 Å². The highest BCUT2D eigenvalue weighted by atomic mass is 19.3. The molecule has 3 aromatic heterocycles. The first kappa shape index (κ1) is 23.9. The van der Waals surface area contributed by atoms with Crippen LogP contribution in [-0.4, -0.2) is 37.3 Å². The Morgan fingerprint density at radius 3 is 2.73 bits per heavy atom. The molecule has 0 aliphatic rings. The lowest BCUT2D eigenvalue weighted by molar-refractivity contribution is -0.0494. The molecule has 188 valence electrons. The summed E-state index contributed by atoms with van der Waals surface area (Å²) in [5.41, 5.74) is 2.43. The van der Waals surface area contributed by atoms with Gasteiger partial charge in [0.25, 0.3) is 5.91 Å². The Hall–Kier alpha value is -4.80. The van der Waals surface area contributed by atoms with Crippen LogP contribution in [0.2, 0.25) is 0 Å². The number of nitrogens with zero attached hydrogens (tertiary/aromatic N) is 4. The Morgan fingerprint density at radius 2 is 1.92 bits per heavy atom. The zero-order chi connectivity index (χ0) is 25.9. The average molecular weight is 504 g/mol. The van der Waals surface area contributed by atoms with Crippen molar-refractivity contribution in [2.24, 2.45) is 0 Å².